The molecule has 0 aliphatic carbocycles. The number of hydrogen-bond donors (Lipinski definition) is 0. The molecule has 0 saturated carbocycles. The highest BCUT2D eigenvalue weighted by Crippen LogP contribution is 2.48. The highest BCUT2D eigenvalue weighted by molar-refractivity contribution is 9.10. The first-order valence-electron chi connectivity index (χ1n) is 9.25. The predicted molar refractivity (Wildman–Crippen MR) is 115 cm³/mol. The van der Waals surface area contributed by atoms with Crippen molar-refractivity contribution in [3.8, 4) is 17.1 Å². The van der Waals surface area contributed by atoms with E-state index in [1.54, 1.807) is 7.11 Å². The fraction of sp³-hybridized carbons (Fsp3) is 0.125. The molecular weight excluding hydrogens is 412 g/mol. The van der Waals surface area contributed by atoms with Crippen molar-refractivity contribution >= 4 is 15.9 Å². The van der Waals surface area contributed by atoms with Gasteiger partial charge in [-0.2, -0.15) is 0 Å². The molecule has 2 heterocycles. The van der Waals surface area contributed by atoms with E-state index in [0.717, 1.165) is 22.5 Å². The third kappa shape index (κ3) is 2.52. The van der Waals surface area contributed by atoms with Gasteiger partial charge in [-0.25, -0.2) is 4.98 Å². The molecule has 0 radical (unpaired) electrons. The van der Waals surface area contributed by atoms with E-state index in [-0.39, 0.29) is 5.54 Å². The second-order valence-electron chi connectivity index (χ2n) is 7.06. The Labute approximate surface area is 172 Å². The van der Waals surface area contributed by atoms with E-state index in [2.05, 4.69) is 98.4 Å². The van der Waals surface area contributed by atoms with Crippen LogP contribution < -0.4 is 4.74 Å². The third-order valence-electron chi connectivity index (χ3n) is 5.58. The van der Waals surface area contributed by atoms with Crippen molar-refractivity contribution in [1.29, 1.82) is 0 Å². The number of rotatable bonds is 4. The molecule has 28 heavy (non-hydrogen) atoms. The number of nitrogens with zero attached hydrogens (tertiary/aromatic N) is 2. The molecular formula is C24H19BrN2O. The number of aromatic nitrogens is 2. The Balaban J connectivity index is 1.78. The first-order valence-corrected chi connectivity index (χ1v) is 10.0. The molecule has 0 spiro atoms. The maximum atomic E-state index is 5.47. The zero-order chi connectivity index (χ0) is 19.1. The van der Waals surface area contributed by atoms with E-state index >= 15 is 0 Å². The number of fused-ring (bicyclic) bond motifs is 3. The Kier molecular flexibility index (Phi) is 4.09. The smallest absolute Gasteiger partial charge is 0.141 e. The molecule has 138 valence electrons. The van der Waals surface area contributed by atoms with Crippen LogP contribution in [-0.4, -0.2) is 16.7 Å². The number of ether oxygens (including phenoxy) is 1. The molecule has 1 atom stereocenters. The molecule has 1 unspecified atom stereocenters. The summed E-state index contributed by atoms with van der Waals surface area (Å²) in [7, 11) is 1.71. The van der Waals surface area contributed by atoms with Crippen LogP contribution in [0.1, 0.15) is 16.7 Å². The Morgan fingerprint density at radius 2 is 1.82 bits per heavy atom. The zero-order valence-corrected chi connectivity index (χ0v) is 17.1. The maximum absolute atomic E-state index is 5.47. The Morgan fingerprint density at radius 3 is 2.64 bits per heavy atom. The van der Waals surface area contributed by atoms with E-state index in [9.17, 15) is 0 Å². The zero-order valence-electron chi connectivity index (χ0n) is 15.5. The lowest BCUT2D eigenvalue weighted by molar-refractivity contribution is 0.411. The van der Waals surface area contributed by atoms with Crippen LogP contribution in [0.3, 0.4) is 0 Å². The second-order valence-corrected chi connectivity index (χ2v) is 7.98. The second kappa shape index (κ2) is 6.64. The van der Waals surface area contributed by atoms with Gasteiger partial charge in [0, 0.05) is 28.9 Å². The summed E-state index contributed by atoms with van der Waals surface area (Å²) in [6.45, 7) is 0. The van der Waals surface area contributed by atoms with Crippen LogP contribution in [0, 0.1) is 0 Å². The van der Waals surface area contributed by atoms with Crippen LogP contribution in [0.25, 0.3) is 11.4 Å². The number of benzene rings is 3. The fourth-order valence-electron chi connectivity index (χ4n) is 4.36. The first-order chi connectivity index (χ1) is 13.7. The summed E-state index contributed by atoms with van der Waals surface area (Å²) in [4.78, 5) is 4.68. The quantitative estimate of drug-likeness (QED) is 0.417. The van der Waals surface area contributed by atoms with Crippen LogP contribution in [-0.2, 0) is 12.0 Å². The molecule has 0 fully saturated rings. The molecule has 5 rings (SSSR count). The molecule has 0 N–H and O–H groups in total. The third-order valence-corrected chi connectivity index (χ3v) is 6.11. The number of imidazole rings is 1. The van der Waals surface area contributed by atoms with Gasteiger partial charge in [0.2, 0.25) is 0 Å². The van der Waals surface area contributed by atoms with Gasteiger partial charge in [-0.3, -0.25) is 0 Å². The first kappa shape index (κ1) is 17.3. The Hall–Kier alpha value is -2.85. The van der Waals surface area contributed by atoms with Gasteiger partial charge in [-0.1, -0.05) is 64.5 Å². The fourth-order valence-corrected chi connectivity index (χ4v) is 4.62. The number of halogens is 1. The van der Waals surface area contributed by atoms with Gasteiger partial charge in [0.25, 0.3) is 0 Å². The van der Waals surface area contributed by atoms with E-state index < -0.39 is 0 Å². The number of hydrogen-bond acceptors (Lipinski definition) is 2. The summed E-state index contributed by atoms with van der Waals surface area (Å²) in [5.41, 5.74) is 4.58. The standard InChI is InChI=1S/C24H19BrN2O/c1-28-20-6-4-5-17(15-20)16-24(18-9-11-19(25)12-10-18)22-8-3-2-7-21(22)23-26-13-14-27(23)24/h2-15H,16H2,1H3. The van der Waals surface area contributed by atoms with Crippen molar-refractivity contribution in [3.05, 3.63) is 106 Å². The van der Waals surface area contributed by atoms with E-state index in [1.165, 1.54) is 22.3 Å². The lowest BCUT2D eigenvalue weighted by Gasteiger charge is -2.34. The lowest BCUT2D eigenvalue weighted by Crippen LogP contribution is -2.35. The molecule has 1 aliphatic rings. The van der Waals surface area contributed by atoms with E-state index in [1.807, 2.05) is 12.3 Å². The van der Waals surface area contributed by atoms with Crippen LogP contribution in [0.2, 0.25) is 0 Å². The summed E-state index contributed by atoms with van der Waals surface area (Å²) in [5, 5.41) is 0. The van der Waals surface area contributed by atoms with Gasteiger partial charge in [-0.15, -0.1) is 0 Å². The SMILES string of the molecule is COc1cccc(CC2(c3ccc(Br)cc3)c3ccccc3-c3nccn32)c1. The molecule has 4 aromatic rings. The van der Waals surface area contributed by atoms with Gasteiger partial charge in [0.15, 0.2) is 0 Å². The normalized spacial score (nSPS) is 17.2. The Bertz CT molecular complexity index is 1150. The van der Waals surface area contributed by atoms with Crippen molar-refractivity contribution in [3.63, 3.8) is 0 Å². The average Bonchev–Trinajstić information content (AvgIpc) is 3.31. The summed E-state index contributed by atoms with van der Waals surface area (Å²) in [6, 6.07) is 25.6. The minimum atomic E-state index is -0.352. The van der Waals surface area contributed by atoms with Crippen LogP contribution in [0.4, 0.5) is 0 Å². The lowest BCUT2D eigenvalue weighted by atomic mass is 9.78. The largest absolute Gasteiger partial charge is 0.497 e. The van der Waals surface area contributed by atoms with Crippen molar-refractivity contribution in [2.75, 3.05) is 7.11 Å². The van der Waals surface area contributed by atoms with Crippen molar-refractivity contribution < 1.29 is 4.74 Å². The summed E-state index contributed by atoms with van der Waals surface area (Å²) in [6.07, 6.45) is 4.80. The highest BCUT2D eigenvalue weighted by Gasteiger charge is 2.44. The maximum Gasteiger partial charge on any atom is 0.141 e. The Morgan fingerprint density at radius 1 is 1.00 bits per heavy atom. The predicted octanol–water partition coefficient (Wildman–Crippen LogP) is 5.67. The molecule has 0 amide bonds. The van der Waals surface area contributed by atoms with Gasteiger partial charge in [0.1, 0.15) is 17.1 Å². The topological polar surface area (TPSA) is 27.1 Å². The van der Waals surface area contributed by atoms with Gasteiger partial charge in [-0.05, 0) is 41.0 Å². The number of methoxy groups -OCH3 is 1. The van der Waals surface area contributed by atoms with Crippen molar-refractivity contribution in [2.45, 2.75) is 12.0 Å². The van der Waals surface area contributed by atoms with Crippen molar-refractivity contribution in [2.24, 2.45) is 0 Å². The van der Waals surface area contributed by atoms with E-state index in [4.69, 9.17) is 4.74 Å². The van der Waals surface area contributed by atoms with Crippen LogP contribution >= 0.6 is 15.9 Å². The van der Waals surface area contributed by atoms with Gasteiger partial charge in [0.05, 0.1) is 7.11 Å². The minimum absolute atomic E-state index is 0.352. The highest BCUT2D eigenvalue weighted by atomic mass is 79.9. The summed E-state index contributed by atoms with van der Waals surface area (Å²) < 4.78 is 8.87. The molecule has 4 heteroatoms. The molecule has 3 nitrogen and oxygen atoms in total. The van der Waals surface area contributed by atoms with Crippen LogP contribution in [0.15, 0.2) is 89.7 Å². The molecule has 0 saturated heterocycles. The molecule has 3 aromatic carbocycles. The monoisotopic (exact) mass is 430 g/mol. The van der Waals surface area contributed by atoms with Crippen molar-refractivity contribution in [1.82, 2.24) is 9.55 Å². The minimum Gasteiger partial charge on any atom is -0.497 e. The summed E-state index contributed by atoms with van der Waals surface area (Å²) in [5.74, 6) is 1.89. The van der Waals surface area contributed by atoms with Gasteiger partial charge >= 0.3 is 0 Å². The van der Waals surface area contributed by atoms with Crippen LogP contribution in [0.5, 0.6) is 5.75 Å². The van der Waals surface area contributed by atoms with Gasteiger partial charge < -0.3 is 9.30 Å². The molecule has 1 aromatic heterocycles. The molecule has 0 bridgehead atoms. The summed E-state index contributed by atoms with van der Waals surface area (Å²) >= 11 is 3.58. The average molecular weight is 431 g/mol. The van der Waals surface area contributed by atoms with E-state index in [0.29, 0.717) is 0 Å². The molecule has 1 aliphatic heterocycles.